The molecular formula is C17H16N4O2S. The summed E-state index contributed by atoms with van der Waals surface area (Å²) in [5.41, 5.74) is 2.98. The third-order valence-electron chi connectivity index (χ3n) is 3.47. The zero-order chi connectivity index (χ0) is 16.9. The van der Waals surface area contributed by atoms with Crippen molar-refractivity contribution in [2.45, 2.75) is 19.8 Å². The van der Waals surface area contributed by atoms with Crippen molar-refractivity contribution in [1.82, 2.24) is 10.2 Å². The van der Waals surface area contributed by atoms with Crippen molar-refractivity contribution < 1.29 is 4.92 Å². The van der Waals surface area contributed by atoms with Crippen molar-refractivity contribution >= 4 is 27.8 Å². The molecule has 0 radical (unpaired) electrons. The summed E-state index contributed by atoms with van der Waals surface area (Å²) in [5.74, 6) is 0. The van der Waals surface area contributed by atoms with Gasteiger partial charge in [0.05, 0.1) is 4.92 Å². The molecule has 1 heterocycles. The molecule has 0 saturated heterocycles. The van der Waals surface area contributed by atoms with Crippen molar-refractivity contribution in [1.29, 1.82) is 0 Å². The first-order valence-electron chi connectivity index (χ1n) is 7.60. The monoisotopic (exact) mass is 340 g/mol. The lowest BCUT2D eigenvalue weighted by Gasteiger charge is -2.03. The maximum absolute atomic E-state index is 10.9. The second kappa shape index (κ2) is 7.18. The molecule has 0 fully saturated rings. The Kier molecular flexibility index (Phi) is 4.81. The Labute approximate surface area is 143 Å². The van der Waals surface area contributed by atoms with E-state index < -0.39 is 4.92 Å². The first-order valence-corrected chi connectivity index (χ1v) is 8.41. The van der Waals surface area contributed by atoms with Crippen molar-refractivity contribution in [2.24, 2.45) is 0 Å². The van der Waals surface area contributed by atoms with Crippen molar-refractivity contribution in [2.75, 3.05) is 5.32 Å². The largest absolute Gasteiger partial charge is 0.330 e. The highest BCUT2D eigenvalue weighted by atomic mass is 32.1. The van der Waals surface area contributed by atoms with Crippen molar-refractivity contribution in [3.8, 4) is 10.6 Å². The number of rotatable bonds is 6. The van der Waals surface area contributed by atoms with E-state index in [1.807, 2.05) is 12.1 Å². The van der Waals surface area contributed by atoms with Gasteiger partial charge in [-0.1, -0.05) is 48.9 Å². The molecule has 0 atom stereocenters. The normalized spacial score (nSPS) is 10.5. The van der Waals surface area contributed by atoms with Crippen LogP contribution in [0.1, 0.15) is 18.9 Å². The fraction of sp³-hybridized carbons (Fsp3) is 0.176. The lowest BCUT2D eigenvalue weighted by Crippen LogP contribution is -1.90. The predicted octanol–water partition coefficient (Wildman–Crippen LogP) is 4.81. The van der Waals surface area contributed by atoms with E-state index >= 15 is 0 Å². The highest BCUT2D eigenvalue weighted by molar-refractivity contribution is 7.18. The number of benzene rings is 2. The molecule has 1 N–H and O–H groups in total. The highest BCUT2D eigenvalue weighted by Crippen LogP contribution is 2.30. The second-order valence-electron chi connectivity index (χ2n) is 5.29. The molecule has 24 heavy (non-hydrogen) atoms. The minimum atomic E-state index is -0.415. The topological polar surface area (TPSA) is 81.0 Å². The maximum Gasteiger partial charge on any atom is 0.270 e. The molecule has 0 amide bonds. The Morgan fingerprint density at radius 3 is 2.67 bits per heavy atom. The molecule has 122 valence electrons. The molecule has 0 aliphatic carbocycles. The van der Waals surface area contributed by atoms with Crippen LogP contribution in [0.2, 0.25) is 0 Å². The van der Waals surface area contributed by atoms with Gasteiger partial charge in [-0.05, 0) is 24.1 Å². The van der Waals surface area contributed by atoms with Crippen LogP contribution in [0.25, 0.3) is 10.6 Å². The van der Waals surface area contributed by atoms with Crippen LogP contribution >= 0.6 is 11.3 Å². The first-order chi connectivity index (χ1) is 11.7. The average Bonchev–Trinajstić information content (AvgIpc) is 3.05. The summed E-state index contributed by atoms with van der Waals surface area (Å²) in [6.45, 7) is 2.16. The minimum Gasteiger partial charge on any atom is -0.330 e. The molecule has 2 aromatic carbocycles. The first kappa shape index (κ1) is 16.1. The highest BCUT2D eigenvalue weighted by Gasteiger charge is 2.11. The zero-order valence-corrected chi connectivity index (χ0v) is 13.9. The van der Waals surface area contributed by atoms with Crippen LogP contribution < -0.4 is 5.32 Å². The van der Waals surface area contributed by atoms with E-state index in [1.165, 1.54) is 29.0 Å². The number of nitro groups is 1. The SMILES string of the molecule is CCCc1ccc(Nc2nnc(-c3cccc([N+](=O)[O-])c3)s2)cc1. The summed E-state index contributed by atoms with van der Waals surface area (Å²) in [7, 11) is 0. The van der Waals surface area contributed by atoms with Gasteiger partial charge in [-0.3, -0.25) is 10.1 Å². The molecule has 0 bridgehead atoms. The Hall–Kier alpha value is -2.80. The lowest BCUT2D eigenvalue weighted by molar-refractivity contribution is -0.384. The average molecular weight is 340 g/mol. The molecule has 0 saturated carbocycles. The second-order valence-corrected chi connectivity index (χ2v) is 6.27. The van der Waals surface area contributed by atoms with Gasteiger partial charge in [-0.15, -0.1) is 10.2 Å². The number of nitro benzene ring substituents is 1. The van der Waals surface area contributed by atoms with Gasteiger partial charge in [0.2, 0.25) is 5.13 Å². The third kappa shape index (κ3) is 3.75. The van der Waals surface area contributed by atoms with Crippen molar-refractivity contribution in [3.05, 3.63) is 64.2 Å². The van der Waals surface area contributed by atoms with E-state index in [2.05, 4.69) is 34.6 Å². The Morgan fingerprint density at radius 1 is 1.17 bits per heavy atom. The molecule has 0 unspecified atom stereocenters. The third-order valence-corrected chi connectivity index (χ3v) is 4.36. The molecule has 0 spiro atoms. The van der Waals surface area contributed by atoms with Crippen LogP contribution in [0.4, 0.5) is 16.5 Å². The summed E-state index contributed by atoms with van der Waals surface area (Å²) >= 11 is 1.36. The van der Waals surface area contributed by atoms with Crippen LogP contribution in [0.3, 0.4) is 0 Å². The quantitative estimate of drug-likeness (QED) is 0.514. The van der Waals surface area contributed by atoms with E-state index in [0.717, 1.165) is 18.5 Å². The number of non-ortho nitro benzene ring substituents is 1. The van der Waals surface area contributed by atoms with E-state index in [-0.39, 0.29) is 5.69 Å². The summed E-state index contributed by atoms with van der Waals surface area (Å²) in [4.78, 5) is 10.5. The van der Waals surface area contributed by atoms with Crippen LogP contribution in [0.15, 0.2) is 48.5 Å². The lowest BCUT2D eigenvalue weighted by atomic mass is 10.1. The minimum absolute atomic E-state index is 0.0451. The van der Waals surface area contributed by atoms with E-state index in [0.29, 0.717) is 15.7 Å². The number of hydrogen-bond acceptors (Lipinski definition) is 6. The Morgan fingerprint density at radius 2 is 1.96 bits per heavy atom. The van der Waals surface area contributed by atoms with Gasteiger partial charge >= 0.3 is 0 Å². The number of aromatic nitrogens is 2. The van der Waals surface area contributed by atoms with Gasteiger partial charge < -0.3 is 5.32 Å². The Balaban J connectivity index is 1.75. The maximum atomic E-state index is 10.9. The van der Waals surface area contributed by atoms with E-state index in [9.17, 15) is 10.1 Å². The number of aryl methyl sites for hydroxylation is 1. The number of nitrogens with one attached hydrogen (secondary N) is 1. The smallest absolute Gasteiger partial charge is 0.270 e. The summed E-state index contributed by atoms with van der Waals surface area (Å²) < 4.78 is 0. The van der Waals surface area contributed by atoms with Gasteiger partial charge in [0, 0.05) is 23.4 Å². The summed E-state index contributed by atoms with van der Waals surface area (Å²) in [6, 6.07) is 14.6. The van der Waals surface area contributed by atoms with Gasteiger partial charge in [0.15, 0.2) is 0 Å². The molecule has 7 heteroatoms. The van der Waals surface area contributed by atoms with E-state index in [1.54, 1.807) is 12.1 Å². The fourth-order valence-electron chi connectivity index (χ4n) is 2.31. The van der Waals surface area contributed by atoms with Gasteiger partial charge in [-0.2, -0.15) is 0 Å². The van der Waals surface area contributed by atoms with E-state index in [4.69, 9.17) is 0 Å². The molecule has 6 nitrogen and oxygen atoms in total. The van der Waals surface area contributed by atoms with Crippen LogP contribution in [0.5, 0.6) is 0 Å². The van der Waals surface area contributed by atoms with Gasteiger partial charge in [0.1, 0.15) is 5.01 Å². The van der Waals surface area contributed by atoms with Crippen LogP contribution in [0, 0.1) is 10.1 Å². The number of hydrogen-bond donors (Lipinski definition) is 1. The number of nitrogens with zero attached hydrogens (tertiary/aromatic N) is 3. The van der Waals surface area contributed by atoms with Gasteiger partial charge in [-0.25, -0.2) is 0 Å². The molecule has 1 aromatic heterocycles. The molecule has 0 aliphatic heterocycles. The fourth-order valence-corrected chi connectivity index (χ4v) is 3.07. The summed E-state index contributed by atoms with van der Waals surface area (Å²) in [6.07, 6.45) is 2.19. The predicted molar refractivity (Wildman–Crippen MR) is 95.7 cm³/mol. The Bertz CT molecular complexity index is 846. The van der Waals surface area contributed by atoms with Gasteiger partial charge in [0.25, 0.3) is 5.69 Å². The van der Waals surface area contributed by atoms with Crippen molar-refractivity contribution in [3.63, 3.8) is 0 Å². The summed E-state index contributed by atoms with van der Waals surface area (Å²) in [5, 5.41) is 23.6. The standard InChI is InChI=1S/C17H16N4O2S/c1-2-4-12-7-9-14(10-8-12)18-17-20-19-16(24-17)13-5-3-6-15(11-13)21(22)23/h3,5-11H,2,4H2,1H3,(H,18,20). The van der Waals surface area contributed by atoms with Crippen LogP contribution in [-0.2, 0) is 6.42 Å². The molecular weight excluding hydrogens is 324 g/mol. The molecule has 0 aliphatic rings. The van der Waals surface area contributed by atoms with Crippen LogP contribution in [-0.4, -0.2) is 15.1 Å². The molecule has 3 aromatic rings. The zero-order valence-electron chi connectivity index (χ0n) is 13.1. The number of anilines is 2. The molecule has 3 rings (SSSR count).